The highest BCUT2D eigenvalue weighted by atomic mass is 19.1. The maximum atomic E-state index is 14.4. The van der Waals surface area contributed by atoms with Crippen LogP contribution in [0.4, 0.5) is 40.6 Å². The van der Waals surface area contributed by atoms with Gasteiger partial charge < -0.3 is 15.4 Å². The zero-order chi connectivity index (χ0) is 24.2. The number of halogens is 4. The van der Waals surface area contributed by atoms with Gasteiger partial charge in [0, 0.05) is 24.4 Å². The molecule has 0 bridgehead atoms. The lowest BCUT2D eigenvalue weighted by molar-refractivity contribution is 0.112. The molecule has 0 radical (unpaired) electrons. The summed E-state index contributed by atoms with van der Waals surface area (Å²) < 4.78 is 60.1. The first-order valence-corrected chi connectivity index (χ1v) is 9.53. The van der Waals surface area contributed by atoms with Crippen LogP contribution in [0.15, 0.2) is 49.1 Å². The van der Waals surface area contributed by atoms with Crippen molar-refractivity contribution < 1.29 is 27.1 Å². The average molecular weight is 470 g/mol. The zero-order valence-corrected chi connectivity index (χ0v) is 17.3. The fourth-order valence-electron chi connectivity index (χ4n) is 3.03. The van der Waals surface area contributed by atoms with Crippen LogP contribution in [0.3, 0.4) is 0 Å². The molecule has 172 valence electrons. The molecule has 0 aliphatic carbocycles. The van der Waals surface area contributed by atoms with Crippen molar-refractivity contribution in [1.82, 2.24) is 19.9 Å². The van der Waals surface area contributed by atoms with Gasteiger partial charge in [-0.1, -0.05) is 0 Å². The Bertz CT molecular complexity index is 1370. The largest absolute Gasteiger partial charge is 0.494 e. The molecule has 2 N–H and O–H groups in total. The zero-order valence-electron chi connectivity index (χ0n) is 17.3. The lowest BCUT2D eigenvalue weighted by atomic mass is 10.1. The van der Waals surface area contributed by atoms with Crippen molar-refractivity contribution in [3.63, 3.8) is 0 Å². The Morgan fingerprint density at radius 2 is 1.53 bits per heavy atom. The molecule has 0 unspecified atom stereocenters. The predicted octanol–water partition coefficient (Wildman–Crippen LogP) is 4.80. The highest BCUT2D eigenvalue weighted by Crippen LogP contribution is 2.38. The third kappa shape index (κ3) is 4.75. The molecule has 12 heteroatoms. The number of nitrogens with zero attached hydrogens (tertiary/aromatic N) is 4. The molecule has 0 aliphatic rings. The topological polar surface area (TPSA) is 102 Å². The minimum atomic E-state index is -0.952. The average Bonchev–Trinajstić information content (AvgIpc) is 2.81. The first kappa shape index (κ1) is 22.6. The van der Waals surface area contributed by atoms with E-state index in [-0.39, 0.29) is 45.7 Å². The Hall–Kier alpha value is -4.61. The molecule has 34 heavy (non-hydrogen) atoms. The van der Waals surface area contributed by atoms with Gasteiger partial charge in [0.2, 0.25) is 0 Å². The van der Waals surface area contributed by atoms with Gasteiger partial charge in [-0.2, -0.15) is 0 Å². The third-order valence-electron chi connectivity index (χ3n) is 4.50. The second-order valence-electron chi connectivity index (χ2n) is 6.77. The van der Waals surface area contributed by atoms with Crippen molar-refractivity contribution in [2.24, 2.45) is 0 Å². The maximum absolute atomic E-state index is 14.4. The predicted molar refractivity (Wildman–Crippen MR) is 114 cm³/mol. The van der Waals surface area contributed by atoms with Crippen molar-refractivity contribution in [3.8, 4) is 17.1 Å². The van der Waals surface area contributed by atoms with E-state index >= 15 is 0 Å². The van der Waals surface area contributed by atoms with E-state index in [1.807, 2.05) is 0 Å². The number of anilines is 4. The molecular weight excluding hydrogens is 456 g/mol. The number of carbonyl (C=O) groups is 1. The van der Waals surface area contributed by atoms with E-state index in [0.29, 0.717) is 12.4 Å². The lowest BCUT2D eigenvalue weighted by Crippen LogP contribution is -2.04. The van der Waals surface area contributed by atoms with Crippen LogP contribution in [0, 0.1) is 23.3 Å². The number of aldehydes is 1. The molecule has 0 aliphatic heterocycles. The first-order valence-electron chi connectivity index (χ1n) is 9.53. The van der Waals surface area contributed by atoms with Gasteiger partial charge in [-0.05, 0) is 6.07 Å². The van der Waals surface area contributed by atoms with Crippen LogP contribution in [0.25, 0.3) is 11.4 Å². The number of hydrogen-bond acceptors (Lipinski definition) is 8. The highest BCUT2D eigenvalue weighted by molar-refractivity contribution is 5.88. The van der Waals surface area contributed by atoms with E-state index in [9.17, 15) is 22.4 Å². The number of benzene rings is 1. The standard InChI is InChI=1S/C22H14F4N6O2/c1-34-20-15(21-28-8-14(25)9-29-21)2-12(23)4-18(20)31-17-5-19(27-6-11(17)10-33)32-22-16(26)3-13(24)7-30-22/h2-10H,1H3,(H2,27,30,31,32). The minimum Gasteiger partial charge on any atom is -0.494 e. The Kier molecular flexibility index (Phi) is 6.30. The normalized spacial score (nSPS) is 10.6. The third-order valence-corrected chi connectivity index (χ3v) is 4.50. The lowest BCUT2D eigenvalue weighted by Gasteiger charge is -2.16. The molecule has 0 fully saturated rings. The number of carbonyl (C=O) groups excluding carboxylic acids is 1. The SMILES string of the molecule is COc1c(Nc2cc(Nc3ncc(F)cc3F)ncc2C=O)cc(F)cc1-c1ncc(F)cn1. The number of rotatable bonds is 7. The first-order chi connectivity index (χ1) is 16.4. The number of nitrogens with one attached hydrogen (secondary N) is 2. The number of hydrogen-bond donors (Lipinski definition) is 2. The van der Waals surface area contributed by atoms with Crippen LogP contribution >= 0.6 is 0 Å². The van der Waals surface area contributed by atoms with Gasteiger partial charge in [0.15, 0.2) is 35.3 Å². The summed E-state index contributed by atoms with van der Waals surface area (Å²) in [5.74, 6) is -3.28. The minimum absolute atomic E-state index is 0.00588. The van der Waals surface area contributed by atoms with E-state index in [1.165, 1.54) is 19.4 Å². The summed E-state index contributed by atoms with van der Waals surface area (Å²) in [4.78, 5) is 26.9. The molecule has 1 aromatic carbocycles. The van der Waals surface area contributed by atoms with Gasteiger partial charge in [-0.25, -0.2) is 37.5 Å². The number of methoxy groups -OCH3 is 1. The number of ether oxygens (including phenoxy) is 1. The second-order valence-corrected chi connectivity index (χ2v) is 6.77. The molecule has 0 amide bonds. The van der Waals surface area contributed by atoms with E-state index in [2.05, 4.69) is 30.6 Å². The molecule has 4 rings (SSSR count). The van der Waals surface area contributed by atoms with Crippen molar-refractivity contribution in [2.45, 2.75) is 0 Å². The van der Waals surface area contributed by atoms with Gasteiger partial charge in [-0.3, -0.25) is 4.79 Å². The van der Waals surface area contributed by atoms with Gasteiger partial charge in [-0.15, -0.1) is 0 Å². The monoisotopic (exact) mass is 470 g/mol. The Morgan fingerprint density at radius 3 is 2.21 bits per heavy atom. The van der Waals surface area contributed by atoms with E-state index < -0.39 is 23.3 Å². The molecule has 0 saturated carbocycles. The van der Waals surface area contributed by atoms with Crippen LogP contribution in [0.1, 0.15) is 10.4 Å². The number of aromatic nitrogens is 4. The van der Waals surface area contributed by atoms with Gasteiger partial charge in [0.25, 0.3) is 0 Å². The summed E-state index contributed by atoms with van der Waals surface area (Å²) in [7, 11) is 1.33. The van der Waals surface area contributed by atoms with Gasteiger partial charge in [0.05, 0.1) is 48.2 Å². The molecule has 3 heterocycles. The summed E-state index contributed by atoms with van der Waals surface area (Å²) in [6.45, 7) is 0. The van der Waals surface area contributed by atoms with E-state index in [1.54, 1.807) is 0 Å². The van der Waals surface area contributed by atoms with Crippen molar-refractivity contribution in [2.75, 3.05) is 17.7 Å². The molecular formula is C22H14F4N6O2. The van der Waals surface area contributed by atoms with Crippen LogP contribution < -0.4 is 15.4 Å². The fraction of sp³-hybridized carbons (Fsp3) is 0.0455. The van der Waals surface area contributed by atoms with Crippen LogP contribution in [0.5, 0.6) is 5.75 Å². The highest BCUT2D eigenvalue weighted by Gasteiger charge is 2.18. The van der Waals surface area contributed by atoms with Gasteiger partial charge in [0.1, 0.15) is 17.5 Å². The van der Waals surface area contributed by atoms with E-state index in [0.717, 1.165) is 30.7 Å². The molecule has 8 nitrogen and oxygen atoms in total. The quantitative estimate of drug-likeness (QED) is 0.294. The maximum Gasteiger partial charge on any atom is 0.168 e. The Balaban J connectivity index is 1.73. The summed E-state index contributed by atoms with van der Waals surface area (Å²) >= 11 is 0. The van der Waals surface area contributed by atoms with Crippen molar-refractivity contribution in [1.29, 1.82) is 0 Å². The van der Waals surface area contributed by atoms with Crippen molar-refractivity contribution in [3.05, 3.63) is 77.9 Å². The smallest absolute Gasteiger partial charge is 0.168 e. The second kappa shape index (κ2) is 9.48. The fourth-order valence-corrected chi connectivity index (χ4v) is 3.03. The van der Waals surface area contributed by atoms with Crippen LogP contribution in [-0.2, 0) is 0 Å². The van der Waals surface area contributed by atoms with Gasteiger partial charge >= 0.3 is 0 Å². The summed E-state index contributed by atoms with van der Waals surface area (Å²) in [6.07, 6.45) is 4.36. The van der Waals surface area contributed by atoms with E-state index in [4.69, 9.17) is 4.74 Å². The summed E-state index contributed by atoms with van der Waals surface area (Å²) in [6, 6.07) is 4.20. The molecule has 4 aromatic rings. The summed E-state index contributed by atoms with van der Waals surface area (Å²) in [5, 5.41) is 5.45. The van der Waals surface area contributed by atoms with Crippen molar-refractivity contribution >= 4 is 29.3 Å². The molecule has 0 atom stereocenters. The number of pyridine rings is 2. The Morgan fingerprint density at radius 1 is 0.794 bits per heavy atom. The molecule has 3 aromatic heterocycles. The molecule has 0 spiro atoms. The molecule has 0 saturated heterocycles. The van der Waals surface area contributed by atoms with Crippen LogP contribution in [-0.4, -0.2) is 33.3 Å². The summed E-state index contributed by atoms with van der Waals surface area (Å²) in [5.41, 5.74) is 0.466. The van der Waals surface area contributed by atoms with Crippen LogP contribution in [0.2, 0.25) is 0 Å². The Labute approximate surface area is 189 Å².